The highest BCUT2D eigenvalue weighted by molar-refractivity contribution is 6.30. The first-order valence-corrected chi connectivity index (χ1v) is 5.72. The van der Waals surface area contributed by atoms with Crippen LogP contribution in [-0.4, -0.2) is 14.5 Å². The number of rotatable bonds is 3. The Balaban J connectivity index is 2.46. The van der Waals surface area contributed by atoms with Crippen molar-refractivity contribution < 1.29 is 4.92 Å². The second-order valence-electron chi connectivity index (χ2n) is 3.82. The summed E-state index contributed by atoms with van der Waals surface area (Å²) in [6.45, 7) is 0.0606. The molecule has 0 unspecified atom stereocenters. The van der Waals surface area contributed by atoms with Gasteiger partial charge in [0.05, 0.1) is 17.8 Å². The van der Waals surface area contributed by atoms with Crippen LogP contribution >= 0.6 is 11.6 Å². The fraction of sp³-hybridized carbons (Fsp3) is 0.0833. The Bertz CT molecular complexity index is 769. The summed E-state index contributed by atoms with van der Waals surface area (Å²) in [6.07, 6.45) is 1.30. The van der Waals surface area contributed by atoms with E-state index < -0.39 is 4.92 Å². The molecule has 20 heavy (non-hydrogen) atoms. The summed E-state index contributed by atoms with van der Waals surface area (Å²) in [6, 6.07) is 7.92. The molecule has 0 spiro atoms. The Morgan fingerprint density at radius 2 is 2.15 bits per heavy atom. The molecule has 0 bridgehead atoms. The third kappa shape index (κ3) is 2.44. The van der Waals surface area contributed by atoms with Crippen molar-refractivity contribution >= 4 is 17.3 Å². The first-order valence-electron chi connectivity index (χ1n) is 5.35. The van der Waals surface area contributed by atoms with Crippen molar-refractivity contribution in [3.05, 3.63) is 56.6 Å². The van der Waals surface area contributed by atoms with Crippen LogP contribution in [-0.2, 0) is 6.54 Å². The maximum atomic E-state index is 11.0. The van der Waals surface area contributed by atoms with Crippen LogP contribution in [0.1, 0.15) is 17.0 Å². The number of nitro benzene ring substituents is 1. The highest BCUT2D eigenvalue weighted by Crippen LogP contribution is 2.24. The van der Waals surface area contributed by atoms with E-state index in [0.29, 0.717) is 5.56 Å². The number of hydrogen-bond donors (Lipinski definition) is 0. The lowest BCUT2D eigenvalue weighted by Gasteiger charge is -2.05. The minimum Gasteiger partial charge on any atom is -0.316 e. The summed E-state index contributed by atoms with van der Waals surface area (Å²) in [5.41, 5.74) is 0.284. The molecule has 1 aromatic heterocycles. The second-order valence-corrected chi connectivity index (χ2v) is 4.26. The molecule has 0 fully saturated rings. The van der Waals surface area contributed by atoms with Crippen molar-refractivity contribution in [3.8, 4) is 12.1 Å². The van der Waals surface area contributed by atoms with Gasteiger partial charge in [0.2, 0.25) is 0 Å². The van der Waals surface area contributed by atoms with Crippen molar-refractivity contribution in [1.82, 2.24) is 9.55 Å². The van der Waals surface area contributed by atoms with E-state index in [1.165, 1.54) is 29.1 Å². The van der Waals surface area contributed by atoms with Crippen LogP contribution in [0.15, 0.2) is 24.5 Å². The van der Waals surface area contributed by atoms with Crippen LogP contribution in [0.4, 0.5) is 5.69 Å². The SMILES string of the molecule is N#Cc1ncn(Cc2ccc(Cl)cc2[N+](=O)[O-])c1C#N. The Morgan fingerprint density at radius 3 is 2.75 bits per heavy atom. The number of imidazole rings is 1. The van der Waals surface area contributed by atoms with Gasteiger partial charge < -0.3 is 4.57 Å². The van der Waals surface area contributed by atoms with Crippen molar-refractivity contribution in [3.63, 3.8) is 0 Å². The molecular formula is C12H6ClN5O2. The highest BCUT2D eigenvalue weighted by Gasteiger charge is 2.17. The minimum absolute atomic E-state index is 0.0101. The lowest BCUT2D eigenvalue weighted by atomic mass is 10.1. The first kappa shape index (κ1) is 13.5. The quantitative estimate of drug-likeness (QED) is 0.635. The summed E-state index contributed by atoms with van der Waals surface area (Å²) in [5.74, 6) is 0. The predicted molar refractivity (Wildman–Crippen MR) is 68.9 cm³/mol. The van der Waals surface area contributed by atoms with Crippen LogP contribution < -0.4 is 0 Å². The monoisotopic (exact) mass is 287 g/mol. The Labute approximate surface area is 118 Å². The van der Waals surface area contributed by atoms with Crippen molar-refractivity contribution in [1.29, 1.82) is 10.5 Å². The lowest BCUT2D eigenvalue weighted by molar-refractivity contribution is -0.385. The van der Waals surface area contributed by atoms with Crippen LogP contribution in [0.25, 0.3) is 0 Å². The number of nitrogens with zero attached hydrogens (tertiary/aromatic N) is 5. The van der Waals surface area contributed by atoms with Gasteiger partial charge in [-0.15, -0.1) is 0 Å². The number of aromatic nitrogens is 2. The van der Waals surface area contributed by atoms with Gasteiger partial charge in [-0.05, 0) is 12.1 Å². The van der Waals surface area contributed by atoms with E-state index in [-0.39, 0.29) is 28.6 Å². The fourth-order valence-corrected chi connectivity index (χ4v) is 1.89. The third-order valence-electron chi connectivity index (χ3n) is 2.63. The predicted octanol–water partition coefficient (Wildman–Crippen LogP) is 2.24. The largest absolute Gasteiger partial charge is 0.316 e. The molecule has 0 N–H and O–H groups in total. The van der Waals surface area contributed by atoms with E-state index in [0.717, 1.165) is 0 Å². The van der Waals surface area contributed by atoms with Gasteiger partial charge in [-0.25, -0.2) is 4.98 Å². The summed E-state index contributed by atoms with van der Waals surface area (Å²) in [4.78, 5) is 14.2. The number of halogens is 1. The van der Waals surface area contributed by atoms with Gasteiger partial charge in [0.25, 0.3) is 5.69 Å². The van der Waals surface area contributed by atoms with E-state index in [4.69, 9.17) is 22.1 Å². The molecule has 0 aliphatic carbocycles. The van der Waals surface area contributed by atoms with Gasteiger partial charge >= 0.3 is 0 Å². The molecule has 7 nitrogen and oxygen atoms in total. The van der Waals surface area contributed by atoms with Gasteiger partial charge in [-0.2, -0.15) is 10.5 Å². The van der Waals surface area contributed by atoms with E-state index in [1.807, 2.05) is 6.07 Å². The van der Waals surface area contributed by atoms with Crippen LogP contribution in [0.5, 0.6) is 0 Å². The standard InChI is InChI=1S/C12H6ClN5O2/c13-9-2-1-8(11(3-9)18(19)20)6-17-7-16-10(4-14)12(17)5-15/h1-3,7H,6H2. The topological polar surface area (TPSA) is 109 Å². The second kappa shape index (κ2) is 5.39. The average molecular weight is 288 g/mol. The number of hydrogen-bond acceptors (Lipinski definition) is 5. The molecule has 0 radical (unpaired) electrons. The third-order valence-corrected chi connectivity index (χ3v) is 2.87. The summed E-state index contributed by atoms with van der Waals surface area (Å²) < 4.78 is 1.38. The van der Waals surface area contributed by atoms with Gasteiger partial charge in [0.1, 0.15) is 12.1 Å². The van der Waals surface area contributed by atoms with E-state index in [9.17, 15) is 10.1 Å². The molecule has 1 aromatic carbocycles. The number of benzene rings is 1. The number of nitro groups is 1. The van der Waals surface area contributed by atoms with Crippen molar-refractivity contribution in [2.45, 2.75) is 6.54 Å². The zero-order chi connectivity index (χ0) is 14.7. The van der Waals surface area contributed by atoms with Gasteiger partial charge in [-0.3, -0.25) is 10.1 Å². The molecular weight excluding hydrogens is 282 g/mol. The molecule has 0 aliphatic heterocycles. The Kier molecular flexibility index (Phi) is 3.65. The lowest BCUT2D eigenvalue weighted by Crippen LogP contribution is -2.04. The highest BCUT2D eigenvalue weighted by atomic mass is 35.5. The van der Waals surface area contributed by atoms with Crippen LogP contribution in [0.2, 0.25) is 5.02 Å². The summed E-state index contributed by atoms with van der Waals surface area (Å²) >= 11 is 5.73. The molecule has 0 amide bonds. The van der Waals surface area contributed by atoms with Crippen LogP contribution in [0.3, 0.4) is 0 Å². The van der Waals surface area contributed by atoms with Gasteiger partial charge in [-0.1, -0.05) is 11.6 Å². The maximum absolute atomic E-state index is 11.0. The van der Waals surface area contributed by atoms with Crippen molar-refractivity contribution in [2.75, 3.05) is 0 Å². The van der Waals surface area contributed by atoms with Gasteiger partial charge in [0.15, 0.2) is 11.4 Å². The first-order chi connectivity index (χ1) is 9.56. The molecule has 0 atom stereocenters. The van der Waals surface area contributed by atoms with Crippen LogP contribution in [0, 0.1) is 32.8 Å². The molecule has 0 saturated carbocycles. The fourth-order valence-electron chi connectivity index (χ4n) is 1.73. The molecule has 0 saturated heterocycles. The summed E-state index contributed by atoms with van der Waals surface area (Å²) in [7, 11) is 0. The molecule has 0 aliphatic rings. The molecule has 98 valence electrons. The van der Waals surface area contributed by atoms with Gasteiger partial charge in [0, 0.05) is 16.7 Å². The van der Waals surface area contributed by atoms with Crippen molar-refractivity contribution in [2.24, 2.45) is 0 Å². The van der Waals surface area contributed by atoms with E-state index in [1.54, 1.807) is 6.07 Å². The minimum atomic E-state index is -0.546. The molecule has 8 heteroatoms. The maximum Gasteiger partial charge on any atom is 0.275 e. The van der Waals surface area contributed by atoms with E-state index in [2.05, 4.69) is 4.98 Å². The molecule has 2 aromatic rings. The summed E-state index contributed by atoms with van der Waals surface area (Å²) in [5, 5.41) is 29.0. The zero-order valence-corrected chi connectivity index (χ0v) is 10.7. The average Bonchev–Trinajstić information content (AvgIpc) is 2.82. The molecule has 1 heterocycles. The normalized spacial score (nSPS) is 9.75. The molecule has 2 rings (SSSR count). The smallest absolute Gasteiger partial charge is 0.275 e. The Hall–Kier alpha value is -2.90. The number of nitriles is 2. The zero-order valence-electron chi connectivity index (χ0n) is 9.95. The van der Waals surface area contributed by atoms with E-state index >= 15 is 0 Å². The Morgan fingerprint density at radius 1 is 1.40 bits per heavy atom.